The lowest BCUT2D eigenvalue weighted by molar-refractivity contribution is -0.0512. The van der Waals surface area contributed by atoms with E-state index in [0.717, 1.165) is 37.3 Å². The maximum absolute atomic E-state index is 12.5. The van der Waals surface area contributed by atoms with Crippen molar-refractivity contribution in [2.24, 2.45) is 4.99 Å². The molecule has 3 rings (SSSR count). The molecule has 2 aliphatic heterocycles. The fourth-order valence-corrected chi connectivity index (χ4v) is 3.65. The number of guanidine groups is 1. The summed E-state index contributed by atoms with van der Waals surface area (Å²) >= 11 is 0. The van der Waals surface area contributed by atoms with Crippen LogP contribution in [0.2, 0.25) is 0 Å². The minimum absolute atomic E-state index is 0.0399. The number of benzene rings is 1. The second-order valence-electron chi connectivity index (χ2n) is 6.73. The fourth-order valence-electron chi connectivity index (χ4n) is 3.65. The van der Waals surface area contributed by atoms with Gasteiger partial charge in [0.2, 0.25) is 0 Å². The molecule has 2 saturated heterocycles. The van der Waals surface area contributed by atoms with E-state index in [9.17, 15) is 8.78 Å². The molecule has 1 aromatic carbocycles. The van der Waals surface area contributed by atoms with Gasteiger partial charge in [-0.05, 0) is 50.3 Å². The third-order valence-corrected chi connectivity index (χ3v) is 4.89. The van der Waals surface area contributed by atoms with Crippen molar-refractivity contribution in [3.8, 4) is 11.5 Å². The summed E-state index contributed by atoms with van der Waals surface area (Å²) in [6, 6.07) is 5.34. The summed E-state index contributed by atoms with van der Waals surface area (Å²) in [5.41, 5.74) is 0.856. The molecule has 0 saturated carbocycles. The van der Waals surface area contributed by atoms with Gasteiger partial charge in [0.05, 0.1) is 25.4 Å². The molecule has 2 N–H and O–H groups in total. The van der Waals surface area contributed by atoms with Gasteiger partial charge >= 0.3 is 6.61 Å². The first-order valence-corrected chi connectivity index (χ1v) is 9.41. The highest BCUT2D eigenvalue weighted by Gasteiger charge is 2.41. The summed E-state index contributed by atoms with van der Waals surface area (Å²) < 4.78 is 40.5. The Hall–Kier alpha value is -2.09. The summed E-state index contributed by atoms with van der Waals surface area (Å²) in [6.45, 7) is 0.423. The molecule has 0 aliphatic carbocycles. The first-order chi connectivity index (χ1) is 13.1. The normalized spacial score (nSPS) is 24.3. The van der Waals surface area contributed by atoms with Crippen LogP contribution in [0.5, 0.6) is 11.5 Å². The molecule has 1 aromatic rings. The highest BCUT2D eigenvalue weighted by molar-refractivity contribution is 5.80. The molecule has 0 aromatic heterocycles. The minimum Gasteiger partial charge on any atom is -0.493 e. The van der Waals surface area contributed by atoms with Crippen molar-refractivity contribution >= 4 is 5.96 Å². The molecule has 3 unspecified atom stereocenters. The molecule has 2 heterocycles. The van der Waals surface area contributed by atoms with Crippen LogP contribution in [-0.4, -0.2) is 51.0 Å². The Bertz CT molecular complexity index is 657. The molecule has 2 bridgehead atoms. The Morgan fingerprint density at radius 1 is 1.33 bits per heavy atom. The zero-order valence-corrected chi connectivity index (χ0v) is 15.7. The molecule has 8 heteroatoms. The van der Waals surface area contributed by atoms with Gasteiger partial charge in [-0.25, -0.2) is 0 Å². The molecule has 3 atom stereocenters. The Labute approximate surface area is 158 Å². The molecule has 0 radical (unpaired) electrons. The monoisotopic (exact) mass is 383 g/mol. The fraction of sp³-hybridized carbons (Fsp3) is 0.632. The van der Waals surface area contributed by atoms with E-state index in [1.54, 1.807) is 12.1 Å². The van der Waals surface area contributed by atoms with E-state index in [0.29, 0.717) is 25.1 Å². The van der Waals surface area contributed by atoms with Gasteiger partial charge in [0.25, 0.3) is 0 Å². The molecule has 2 fully saturated rings. The Balaban J connectivity index is 1.58. The number of alkyl halides is 2. The summed E-state index contributed by atoms with van der Waals surface area (Å²) in [5, 5.41) is 6.71. The number of nitrogens with one attached hydrogen (secondary N) is 2. The van der Waals surface area contributed by atoms with Crippen LogP contribution < -0.4 is 20.1 Å². The third kappa shape index (κ3) is 5.22. The largest absolute Gasteiger partial charge is 0.493 e. The minimum atomic E-state index is -2.89. The standard InChI is InChI=1S/C19H27F2N3O3/c1-3-22-19(24-14-11-13-5-7-15(14)26-13)23-9-8-12-4-6-16(25-2)17(10-12)27-18(20)21/h4,6,10,13-15,18H,3,5,7-9,11H2,1-2H3,(H2,22,23,24). The maximum Gasteiger partial charge on any atom is 0.387 e. The zero-order valence-electron chi connectivity index (χ0n) is 15.7. The molecule has 0 spiro atoms. The van der Waals surface area contributed by atoms with E-state index in [4.69, 9.17) is 9.47 Å². The summed E-state index contributed by atoms with van der Waals surface area (Å²) in [7, 11) is 1.42. The number of methoxy groups -OCH3 is 1. The second kappa shape index (κ2) is 9.21. The van der Waals surface area contributed by atoms with E-state index in [1.165, 1.54) is 7.11 Å². The van der Waals surface area contributed by atoms with Gasteiger partial charge in [0.1, 0.15) is 0 Å². The van der Waals surface area contributed by atoms with Crippen LogP contribution in [0.15, 0.2) is 23.2 Å². The van der Waals surface area contributed by atoms with Gasteiger partial charge in [-0.1, -0.05) is 6.07 Å². The van der Waals surface area contributed by atoms with E-state index in [1.807, 2.05) is 13.0 Å². The van der Waals surface area contributed by atoms with Crippen molar-refractivity contribution in [3.63, 3.8) is 0 Å². The van der Waals surface area contributed by atoms with Crippen molar-refractivity contribution in [2.75, 3.05) is 20.2 Å². The topological polar surface area (TPSA) is 64.1 Å². The van der Waals surface area contributed by atoms with E-state index in [-0.39, 0.29) is 17.6 Å². The zero-order chi connectivity index (χ0) is 19.2. The average molecular weight is 383 g/mol. The van der Waals surface area contributed by atoms with Crippen LogP contribution in [0, 0.1) is 0 Å². The quantitative estimate of drug-likeness (QED) is 0.534. The lowest BCUT2D eigenvalue weighted by Gasteiger charge is -2.22. The lowest BCUT2D eigenvalue weighted by Crippen LogP contribution is -2.47. The number of halogens is 2. The van der Waals surface area contributed by atoms with Crippen molar-refractivity contribution in [2.45, 2.75) is 57.5 Å². The van der Waals surface area contributed by atoms with Crippen molar-refractivity contribution in [1.82, 2.24) is 10.6 Å². The van der Waals surface area contributed by atoms with Gasteiger partial charge in [-0.2, -0.15) is 8.78 Å². The van der Waals surface area contributed by atoms with Crippen molar-refractivity contribution in [3.05, 3.63) is 23.8 Å². The van der Waals surface area contributed by atoms with Crippen LogP contribution >= 0.6 is 0 Å². The number of rotatable bonds is 8. The van der Waals surface area contributed by atoms with Gasteiger partial charge < -0.3 is 24.8 Å². The molecular weight excluding hydrogens is 356 g/mol. The third-order valence-electron chi connectivity index (χ3n) is 4.89. The first-order valence-electron chi connectivity index (χ1n) is 9.41. The van der Waals surface area contributed by atoms with E-state index in [2.05, 4.69) is 20.4 Å². The van der Waals surface area contributed by atoms with Crippen LogP contribution in [0.25, 0.3) is 0 Å². The van der Waals surface area contributed by atoms with E-state index >= 15 is 0 Å². The second-order valence-corrected chi connectivity index (χ2v) is 6.73. The van der Waals surface area contributed by atoms with Crippen LogP contribution in [0.4, 0.5) is 8.78 Å². The van der Waals surface area contributed by atoms with Crippen molar-refractivity contribution < 1.29 is 23.0 Å². The SMILES string of the molecule is CCNC(=NCCc1ccc(OC)c(OC(F)F)c1)NC1CC2CCC1O2. The number of fused-ring (bicyclic) bond motifs is 2. The van der Waals surface area contributed by atoms with Crippen LogP contribution in [0.1, 0.15) is 31.7 Å². The number of hydrogen-bond donors (Lipinski definition) is 2. The Morgan fingerprint density at radius 2 is 2.19 bits per heavy atom. The summed E-state index contributed by atoms with van der Waals surface area (Å²) in [6.07, 6.45) is 4.52. The molecule has 2 aliphatic rings. The summed E-state index contributed by atoms with van der Waals surface area (Å²) in [4.78, 5) is 4.61. The van der Waals surface area contributed by atoms with Gasteiger partial charge in [-0.3, -0.25) is 4.99 Å². The van der Waals surface area contributed by atoms with Gasteiger partial charge in [-0.15, -0.1) is 0 Å². The number of nitrogens with zero attached hydrogens (tertiary/aromatic N) is 1. The Morgan fingerprint density at radius 3 is 2.81 bits per heavy atom. The maximum atomic E-state index is 12.5. The molecule has 150 valence electrons. The number of hydrogen-bond acceptors (Lipinski definition) is 4. The van der Waals surface area contributed by atoms with Crippen LogP contribution in [0.3, 0.4) is 0 Å². The van der Waals surface area contributed by atoms with Gasteiger partial charge in [0.15, 0.2) is 17.5 Å². The lowest BCUT2D eigenvalue weighted by atomic mass is 9.96. The van der Waals surface area contributed by atoms with Crippen LogP contribution in [-0.2, 0) is 11.2 Å². The number of aliphatic imine (C=N–C) groups is 1. The van der Waals surface area contributed by atoms with E-state index < -0.39 is 6.61 Å². The molecule has 0 amide bonds. The summed E-state index contributed by atoms with van der Waals surface area (Å²) in [5.74, 6) is 1.09. The molecular formula is C19H27F2N3O3. The predicted molar refractivity (Wildman–Crippen MR) is 98.7 cm³/mol. The van der Waals surface area contributed by atoms with Crippen molar-refractivity contribution in [1.29, 1.82) is 0 Å². The smallest absolute Gasteiger partial charge is 0.387 e. The molecule has 6 nitrogen and oxygen atoms in total. The number of ether oxygens (including phenoxy) is 3. The van der Waals surface area contributed by atoms with Gasteiger partial charge in [0, 0.05) is 13.1 Å². The first kappa shape index (κ1) is 19.7. The predicted octanol–water partition coefficient (Wildman–Crippen LogP) is 2.71. The highest BCUT2D eigenvalue weighted by Crippen LogP contribution is 2.34. The Kier molecular flexibility index (Phi) is 6.71. The average Bonchev–Trinajstić information content (AvgIpc) is 3.24. The highest BCUT2D eigenvalue weighted by atomic mass is 19.3. The molecule has 27 heavy (non-hydrogen) atoms.